The smallest absolute Gasteiger partial charge is 0.193 e. The van der Waals surface area contributed by atoms with Gasteiger partial charge in [-0.25, -0.2) is 0 Å². The molecule has 0 amide bonds. The fourth-order valence-electron chi connectivity index (χ4n) is 2.33. The fourth-order valence-corrected chi connectivity index (χ4v) is 2.33. The summed E-state index contributed by atoms with van der Waals surface area (Å²) in [4.78, 5) is 6.91. The first-order valence-electron chi connectivity index (χ1n) is 8.79. The number of ether oxygens (including phenoxy) is 2. The molecule has 6 heteroatoms. The molecule has 1 aromatic carbocycles. The Bertz CT molecular complexity index is 483. The van der Waals surface area contributed by atoms with E-state index in [1.165, 1.54) is 11.1 Å². The Morgan fingerprint density at radius 3 is 2.60 bits per heavy atom. The number of hydrogen-bond acceptors (Lipinski definition) is 3. The maximum atomic E-state index is 5.47. The molecule has 0 fully saturated rings. The van der Waals surface area contributed by atoms with Crippen LogP contribution < -0.4 is 5.32 Å². The largest absolute Gasteiger partial charge is 0.382 e. The molecule has 25 heavy (non-hydrogen) atoms. The number of halogens is 1. The number of unbranched alkanes of at least 4 members (excludes halogenated alkanes) is 1. The van der Waals surface area contributed by atoms with Gasteiger partial charge in [0.25, 0.3) is 0 Å². The van der Waals surface area contributed by atoms with Crippen molar-refractivity contribution in [3.63, 3.8) is 0 Å². The molecule has 0 unspecified atom stereocenters. The van der Waals surface area contributed by atoms with E-state index >= 15 is 0 Å². The lowest BCUT2D eigenvalue weighted by Crippen LogP contribution is -2.38. The third kappa shape index (κ3) is 10.7. The average molecular weight is 463 g/mol. The van der Waals surface area contributed by atoms with Gasteiger partial charge in [0.1, 0.15) is 0 Å². The number of nitrogens with zero attached hydrogens (tertiary/aromatic N) is 2. The monoisotopic (exact) mass is 463 g/mol. The maximum Gasteiger partial charge on any atom is 0.193 e. The first-order valence-corrected chi connectivity index (χ1v) is 8.79. The number of aliphatic imine (C=N–C) groups is 1. The van der Waals surface area contributed by atoms with Crippen LogP contribution >= 0.6 is 24.0 Å². The zero-order valence-electron chi connectivity index (χ0n) is 16.1. The quantitative estimate of drug-likeness (QED) is 0.236. The third-order valence-corrected chi connectivity index (χ3v) is 3.76. The summed E-state index contributed by atoms with van der Waals surface area (Å²) >= 11 is 0. The second-order valence-corrected chi connectivity index (χ2v) is 5.83. The highest BCUT2D eigenvalue weighted by atomic mass is 127. The van der Waals surface area contributed by atoms with Gasteiger partial charge < -0.3 is 19.7 Å². The van der Waals surface area contributed by atoms with Crippen molar-refractivity contribution in [2.45, 2.75) is 33.2 Å². The molecule has 0 aliphatic heterocycles. The summed E-state index contributed by atoms with van der Waals surface area (Å²) in [6.45, 7) is 8.89. The molecule has 0 saturated heterocycles. The lowest BCUT2D eigenvalue weighted by atomic mass is 10.1. The molecule has 0 radical (unpaired) electrons. The number of hydrogen-bond donors (Lipinski definition) is 1. The number of rotatable bonds is 11. The highest BCUT2D eigenvalue weighted by Gasteiger charge is 2.07. The van der Waals surface area contributed by atoms with E-state index < -0.39 is 0 Å². The average Bonchev–Trinajstić information content (AvgIpc) is 2.58. The van der Waals surface area contributed by atoms with Crippen molar-refractivity contribution in [1.82, 2.24) is 10.2 Å². The molecule has 1 aromatic rings. The molecule has 0 saturated carbocycles. The first-order chi connectivity index (χ1) is 11.7. The van der Waals surface area contributed by atoms with Crippen LogP contribution in [0.2, 0.25) is 0 Å². The van der Waals surface area contributed by atoms with E-state index in [2.05, 4.69) is 55.4 Å². The maximum absolute atomic E-state index is 5.47. The fraction of sp³-hybridized carbons (Fsp3) is 0.632. The minimum absolute atomic E-state index is 0. The minimum Gasteiger partial charge on any atom is -0.382 e. The summed E-state index contributed by atoms with van der Waals surface area (Å²) in [6.07, 6.45) is 2.05. The van der Waals surface area contributed by atoms with Gasteiger partial charge in [0.2, 0.25) is 0 Å². The van der Waals surface area contributed by atoms with Gasteiger partial charge in [0.15, 0.2) is 5.96 Å². The van der Waals surface area contributed by atoms with Crippen molar-refractivity contribution in [3.05, 3.63) is 35.4 Å². The van der Waals surface area contributed by atoms with Crippen molar-refractivity contribution in [2.75, 3.05) is 47.1 Å². The van der Waals surface area contributed by atoms with Crippen molar-refractivity contribution < 1.29 is 9.47 Å². The van der Waals surface area contributed by atoms with Crippen LogP contribution in [0.1, 0.15) is 30.9 Å². The molecule has 0 aliphatic carbocycles. The second kappa shape index (κ2) is 15.4. The summed E-state index contributed by atoms with van der Waals surface area (Å²) < 4.78 is 10.4. The Morgan fingerprint density at radius 2 is 1.92 bits per heavy atom. The van der Waals surface area contributed by atoms with Crippen LogP contribution in [-0.2, 0) is 16.0 Å². The molecule has 1 rings (SSSR count). The number of methoxy groups -OCH3 is 1. The summed E-state index contributed by atoms with van der Waals surface area (Å²) in [6, 6.07) is 8.49. The zero-order chi connectivity index (χ0) is 17.6. The molecule has 1 N–H and O–H groups in total. The molecular formula is C19H34IN3O2. The lowest BCUT2D eigenvalue weighted by Gasteiger charge is -2.23. The van der Waals surface area contributed by atoms with Gasteiger partial charge in [-0.2, -0.15) is 0 Å². The normalized spacial score (nSPS) is 11.1. The van der Waals surface area contributed by atoms with Crippen molar-refractivity contribution in [3.8, 4) is 0 Å². The highest BCUT2D eigenvalue weighted by molar-refractivity contribution is 14.0. The van der Waals surface area contributed by atoms with Gasteiger partial charge in [0, 0.05) is 40.4 Å². The van der Waals surface area contributed by atoms with E-state index in [-0.39, 0.29) is 24.0 Å². The van der Waals surface area contributed by atoms with Crippen molar-refractivity contribution in [1.29, 1.82) is 0 Å². The van der Waals surface area contributed by atoms with Gasteiger partial charge in [0.05, 0.1) is 13.2 Å². The highest BCUT2D eigenvalue weighted by Crippen LogP contribution is 2.09. The summed E-state index contributed by atoms with van der Waals surface area (Å²) in [5.41, 5.74) is 2.64. The van der Waals surface area contributed by atoms with Crippen LogP contribution in [-0.4, -0.2) is 57.9 Å². The lowest BCUT2D eigenvalue weighted by molar-refractivity contribution is 0.0690. The van der Waals surface area contributed by atoms with Crippen molar-refractivity contribution in [2.24, 2.45) is 4.99 Å². The number of benzene rings is 1. The molecule has 144 valence electrons. The van der Waals surface area contributed by atoms with Gasteiger partial charge in [-0.1, -0.05) is 24.3 Å². The minimum atomic E-state index is 0. The SMILES string of the molecule is CCNC(=NCCCCOCCOC)N(C)Cc1ccccc1C.I. The van der Waals surface area contributed by atoms with Crippen LogP contribution in [0.25, 0.3) is 0 Å². The van der Waals surface area contributed by atoms with Crippen LogP contribution in [0.15, 0.2) is 29.3 Å². The third-order valence-electron chi connectivity index (χ3n) is 3.76. The first kappa shape index (κ1) is 24.1. The molecular weight excluding hydrogens is 429 g/mol. The van der Waals surface area contributed by atoms with Gasteiger partial charge in [-0.05, 0) is 37.8 Å². The summed E-state index contributed by atoms with van der Waals surface area (Å²) in [5, 5.41) is 3.37. The van der Waals surface area contributed by atoms with E-state index in [1.54, 1.807) is 7.11 Å². The molecule has 5 nitrogen and oxygen atoms in total. The Hall–Kier alpha value is -0.860. The molecule has 0 aromatic heterocycles. The molecule has 0 spiro atoms. The van der Waals surface area contributed by atoms with E-state index in [4.69, 9.17) is 14.5 Å². The Balaban J connectivity index is 0.00000576. The Morgan fingerprint density at radius 1 is 1.16 bits per heavy atom. The molecule has 0 aliphatic rings. The number of aryl methyl sites for hydroxylation is 1. The number of nitrogens with one attached hydrogen (secondary N) is 1. The number of guanidine groups is 1. The standard InChI is InChI=1S/C19H33N3O2.HI/c1-5-20-19(21-12-8-9-13-24-15-14-23-4)22(3)16-18-11-7-6-10-17(18)2;/h6-7,10-11H,5,8-9,12-16H2,1-4H3,(H,20,21);1H. The Kier molecular flexibility index (Phi) is 14.9. The van der Waals surface area contributed by atoms with E-state index in [1.807, 2.05) is 0 Å². The molecule has 0 heterocycles. The Labute approximate surface area is 170 Å². The van der Waals surface area contributed by atoms with Gasteiger partial charge in [-0.15, -0.1) is 24.0 Å². The topological polar surface area (TPSA) is 46.1 Å². The van der Waals surface area contributed by atoms with Crippen LogP contribution in [0.4, 0.5) is 0 Å². The summed E-state index contributed by atoms with van der Waals surface area (Å²) in [5.74, 6) is 0.959. The van der Waals surface area contributed by atoms with Crippen LogP contribution in [0.3, 0.4) is 0 Å². The molecule has 0 atom stereocenters. The predicted octanol–water partition coefficient (Wildman–Crippen LogP) is 3.45. The van der Waals surface area contributed by atoms with Gasteiger partial charge in [-0.3, -0.25) is 4.99 Å². The van der Waals surface area contributed by atoms with E-state index in [9.17, 15) is 0 Å². The van der Waals surface area contributed by atoms with E-state index in [0.717, 1.165) is 45.0 Å². The molecule has 0 bridgehead atoms. The summed E-state index contributed by atoms with van der Waals surface area (Å²) in [7, 11) is 3.77. The van der Waals surface area contributed by atoms with Gasteiger partial charge >= 0.3 is 0 Å². The zero-order valence-corrected chi connectivity index (χ0v) is 18.4. The van der Waals surface area contributed by atoms with E-state index in [0.29, 0.717) is 13.2 Å². The predicted molar refractivity (Wildman–Crippen MR) is 116 cm³/mol. The second-order valence-electron chi connectivity index (χ2n) is 5.83. The van der Waals surface area contributed by atoms with Crippen molar-refractivity contribution >= 4 is 29.9 Å². The van der Waals surface area contributed by atoms with Crippen LogP contribution in [0.5, 0.6) is 0 Å². The van der Waals surface area contributed by atoms with Crippen LogP contribution in [0, 0.1) is 6.92 Å².